The van der Waals surface area contributed by atoms with E-state index in [2.05, 4.69) is 15.6 Å². The van der Waals surface area contributed by atoms with Crippen LogP contribution in [-0.4, -0.2) is 34.9 Å². The van der Waals surface area contributed by atoms with Crippen molar-refractivity contribution < 1.29 is 9.59 Å². The molecule has 1 saturated carbocycles. The fraction of sp³-hybridized carbons (Fsp3) is 0.316. The number of nitrogens with one attached hydrogen (secondary N) is 2. The summed E-state index contributed by atoms with van der Waals surface area (Å²) in [7, 11) is 1.71. The smallest absolute Gasteiger partial charge is 0.321 e. The topological polar surface area (TPSA) is 74.3 Å². The predicted molar refractivity (Wildman–Crippen MR) is 96.4 cm³/mol. The van der Waals surface area contributed by atoms with Gasteiger partial charge in [0.05, 0.1) is 12.2 Å². The molecule has 6 nitrogen and oxygen atoms in total. The van der Waals surface area contributed by atoms with Crippen molar-refractivity contribution in [1.29, 1.82) is 0 Å². The van der Waals surface area contributed by atoms with E-state index in [4.69, 9.17) is 0 Å². The Bertz CT molecular complexity index is 772. The molecule has 0 aliphatic heterocycles. The van der Waals surface area contributed by atoms with Crippen LogP contribution in [0, 0.1) is 6.92 Å². The molecule has 0 atom stereocenters. The van der Waals surface area contributed by atoms with Gasteiger partial charge >= 0.3 is 6.03 Å². The molecule has 1 aromatic heterocycles. The number of aryl methyl sites for hydroxylation is 1. The Morgan fingerprint density at radius 3 is 2.72 bits per heavy atom. The van der Waals surface area contributed by atoms with Gasteiger partial charge in [-0.15, -0.1) is 0 Å². The van der Waals surface area contributed by atoms with Gasteiger partial charge in [0.25, 0.3) is 5.91 Å². The second kappa shape index (κ2) is 7.34. The summed E-state index contributed by atoms with van der Waals surface area (Å²) >= 11 is 0. The Morgan fingerprint density at radius 1 is 1.24 bits per heavy atom. The highest BCUT2D eigenvalue weighted by atomic mass is 16.2. The maximum absolute atomic E-state index is 12.4. The average molecular weight is 338 g/mol. The Morgan fingerprint density at radius 2 is 2.04 bits per heavy atom. The SMILES string of the molecule is Cc1ccc(C(=O)NC2CC2)cc1NC(=O)N(C)Cc1ccccn1. The van der Waals surface area contributed by atoms with E-state index in [-0.39, 0.29) is 11.9 Å². The van der Waals surface area contributed by atoms with E-state index in [0.717, 1.165) is 24.1 Å². The number of pyridine rings is 1. The number of urea groups is 1. The van der Waals surface area contributed by atoms with Crippen LogP contribution in [0.3, 0.4) is 0 Å². The van der Waals surface area contributed by atoms with Crippen LogP contribution < -0.4 is 10.6 Å². The fourth-order valence-corrected chi connectivity index (χ4v) is 2.41. The molecule has 130 valence electrons. The highest BCUT2D eigenvalue weighted by Gasteiger charge is 2.24. The van der Waals surface area contributed by atoms with Gasteiger partial charge in [0, 0.05) is 30.5 Å². The van der Waals surface area contributed by atoms with Gasteiger partial charge in [0.15, 0.2) is 0 Å². The van der Waals surface area contributed by atoms with Crippen LogP contribution in [-0.2, 0) is 6.54 Å². The number of hydrogen-bond acceptors (Lipinski definition) is 3. The van der Waals surface area contributed by atoms with Crippen molar-refractivity contribution in [3.63, 3.8) is 0 Å². The first-order chi connectivity index (χ1) is 12.0. The molecule has 1 aliphatic carbocycles. The minimum absolute atomic E-state index is 0.0974. The summed E-state index contributed by atoms with van der Waals surface area (Å²) in [5.74, 6) is -0.0974. The van der Waals surface area contributed by atoms with E-state index in [1.165, 1.54) is 0 Å². The van der Waals surface area contributed by atoms with Crippen LogP contribution in [0.5, 0.6) is 0 Å². The zero-order chi connectivity index (χ0) is 17.8. The fourth-order valence-electron chi connectivity index (χ4n) is 2.41. The minimum atomic E-state index is -0.242. The molecule has 1 aliphatic rings. The maximum Gasteiger partial charge on any atom is 0.321 e. The van der Waals surface area contributed by atoms with Gasteiger partial charge in [-0.05, 0) is 49.6 Å². The number of anilines is 1. The zero-order valence-electron chi connectivity index (χ0n) is 14.5. The van der Waals surface area contributed by atoms with Crippen molar-refractivity contribution >= 4 is 17.6 Å². The number of nitrogens with zero attached hydrogens (tertiary/aromatic N) is 2. The van der Waals surface area contributed by atoms with Crippen molar-refractivity contribution in [1.82, 2.24) is 15.2 Å². The van der Waals surface area contributed by atoms with Crippen molar-refractivity contribution in [2.75, 3.05) is 12.4 Å². The maximum atomic E-state index is 12.4. The van der Waals surface area contributed by atoms with E-state index < -0.39 is 0 Å². The monoisotopic (exact) mass is 338 g/mol. The normalized spacial score (nSPS) is 13.2. The van der Waals surface area contributed by atoms with E-state index in [0.29, 0.717) is 23.8 Å². The van der Waals surface area contributed by atoms with Crippen molar-refractivity contribution in [2.24, 2.45) is 0 Å². The molecular weight excluding hydrogens is 316 g/mol. The Hall–Kier alpha value is -2.89. The summed E-state index contributed by atoms with van der Waals surface area (Å²) in [6.07, 6.45) is 3.78. The summed E-state index contributed by atoms with van der Waals surface area (Å²) in [6, 6.07) is 11.0. The third kappa shape index (κ3) is 4.56. The molecular formula is C19H22N4O2. The van der Waals surface area contributed by atoms with Gasteiger partial charge in [-0.25, -0.2) is 4.79 Å². The van der Waals surface area contributed by atoms with Crippen molar-refractivity contribution in [3.05, 3.63) is 59.4 Å². The number of carbonyl (C=O) groups is 2. The first kappa shape index (κ1) is 17.0. The van der Waals surface area contributed by atoms with Crippen LogP contribution in [0.15, 0.2) is 42.6 Å². The highest BCUT2D eigenvalue weighted by Crippen LogP contribution is 2.21. The van der Waals surface area contributed by atoms with Gasteiger partial charge < -0.3 is 15.5 Å². The lowest BCUT2D eigenvalue weighted by molar-refractivity contribution is 0.0951. The Balaban J connectivity index is 1.66. The van der Waals surface area contributed by atoms with E-state index in [1.807, 2.05) is 31.2 Å². The number of carbonyl (C=O) groups excluding carboxylic acids is 2. The molecule has 3 amide bonds. The summed E-state index contributed by atoms with van der Waals surface area (Å²) in [5.41, 5.74) is 2.92. The molecule has 0 radical (unpaired) electrons. The van der Waals surface area contributed by atoms with Gasteiger partial charge in [0.2, 0.25) is 0 Å². The molecule has 6 heteroatoms. The molecule has 1 aromatic carbocycles. The van der Waals surface area contributed by atoms with Gasteiger partial charge in [-0.1, -0.05) is 12.1 Å². The Kier molecular flexibility index (Phi) is 4.97. The zero-order valence-corrected chi connectivity index (χ0v) is 14.5. The molecule has 0 spiro atoms. The van der Waals surface area contributed by atoms with Crippen molar-refractivity contribution in [2.45, 2.75) is 32.4 Å². The third-order valence-corrected chi connectivity index (χ3v) is 4.13. The number of amides is 3. The number of benzene rings is 1. The molecule has 1 heterocycles. The molecule has 0 unspecified atom stereocenters. The first-order valence-electron chi connectivity index (χ1n) is 8.36. The standard InChI is InChI=1S/C19H22N4O2/c1-13-6-7-14(18(24)21-15-8-9-15)11-17(13)22-19(25)23(2)12-16-5-3-4-10-20-16/h3-7,10-11,15H,8-9,12H2,1-2H3,(H,21,24)(H,22,25). The van der Waals surface area contributed by atoms with E-state index >= 15 is 0 Å². The Labute approximate surface area is 147 Å². The van der Waals surface area contributed by atoms with Crippen molar-refractivity contribution in [3.8, 4) is 0 Å². The molecule has 3 rings (SSSR count). The minimum Gasteiger partial charge on any atom is -0.349 e. The molecule has 0 bridgehead atoms. The van der Waals surface area contributed by atoms with E-state index in [9.17, 15) is 9.59 Å². The largest absolute Gasteiger partial charge is 0.349 e. The second-order valence-electron chi connectivity index (χ2n) is 6.38. The van der Waals surface area contributed by atoms with Crippen LogP contribution in [0.25, 0.3) is 0 Å². The number of aromatic nitrogens is 1. The number of hydrogen-bond donors (Lipinski definition) is 2. The molecule has 0 saturated heterocycles. The summed E-state index contributed by atoms with van der Waals surface area (Å²) in [4.78, 5) is 30.4. The van der Waals surface area contributed by atoms with Crippen LogP contribution in [0.4, 0.5) is 10.5 Å². The first-order valence-corrected chi connectivity index (χ1v) is 8.36. The van der Waals surface area contributed by atoms with Gasteiger partial charge in [-0.2, -0.15) is 0 Å². The van der Waals surface area contributed by atoms with Crippen LogP contribution in [0.1, 0.15) is 34.5 Å². The summed E-state index contributed by atoms with van der Waals surface area (Å²) in [5, 5.41) is 5.83. The lowest BCUT2D eigenvalue weighted by Crippen LogP contribution is -2.31. The lowest BCUT2D eigenvalue weighted by Gasteiger charge is -2.19. The average Bonchev–Trinajstić information content (AvgIpc) is 3.41. The molecule has 2 N–H and O–H groups in total. The third-order valence-electron chi connectivity index (χ3n) is 4.13. The highest BCUT2D eigenvalue weighted by molar-refractivity contribution is 5.97. The molecule has 1 fully saturated rings. The van der Waals surface area contributed by atoms with Gasteiger partial charge in [-0.3, -0.25) is 9.78 Å². The second-order valence-corrected chi connectivity index (χ2v) is 6.38. The molecule has 25 heavy (non-hydrogen) atoms. The van der Waals surface area contributed by atoms with Gasteiger partial charge in [0.1, 0.15) is 0 Å². The summed E-state index contributed by atoms with van der Waals surface area (Å²) < 4.78 is 0. The van der Waals surface area contributed by atoms with E-state index in [1.54, 1.807) is 30.3 Å². The van der Waals surface area contributed by atoms with Crippen LogP contribution in [0.2, 0.25) is 0 Å². The quantitative estimate of drug-likeness (QED) is 0.880. The lowest BCUT2D eigenvalue weighted by atomic mass is 10.1. The summed E-state index contributed by atoms with van der Waals surface area (Å²) in [6.45, 7) is 2.31. The molecule has 2 aromatic rings. The predicted octanol–water partition coefficient (Wildman–Crippen LogP) is 2.95. The number of rotatable bonds is 5. The van der Waals surface area contributed by atoms with Crippen LogP contribution >= 0.6 is 0 Å².